The smallest absolute Gasteiger partial charge is 0.243 e. The largest absolute Gasteiger partial charge is 0.377 e. The van der Waals surface area contributed by atoms with Crippen LogP contribution in [0.4, 0.5) is 0 Å². The Labute approximate surface area is 123 Å². The van der Waals surface area contributed by atoms with Gasteiger partial charge in [-0.15, -0.1) is 0 Å². The SMILES string of the molecule is NC(=O)COCCOCCOCCOCCOCC(N)=O. The van der Waals surface area contributed by atoms with Crippen molar-refractivity contribution in [2.45, 2.75) is 0 Å². The molecule has 9 nitrogen and oxygen atoms in total. The Balaban J connectivity index is 2.99. The first-order valence-electron chi connectivity index (χ1n) is 6.58. The zero-order chi connectivity index (χ0) is 15.8. The highest BCUT2D eigenvalue weighted by Gasteiger charge is 1.96. The molecule has 9 heteroatoms. The number of rotatable bonds is 16. The van der Waals surface area contributed by atoms with Crippen LogP contribution in [0.15, 0.2) is 0 Å². The van der Waals surface area contributed by atoms with Crippen molar-refractivity contribution in [3.63, 3.8) is 0 Å². The number of amides is 2. The third-order valence-electron chi connectivity index (χ3n) is 1.98. The maximum Gasteiger partial charge on any atom is 0.243 e. The lowest BCUT2D eigenvalue weighted by molar-refractivity contribution is -0.123. The Kier molecular flexibility index (Phi) is 14.2. The molecule has 0 fully saturated rings. The van der Waals surface area contributed by atoms with Crippen LogP contribution in [-0.2, 0) is 33.3 Å². The third kappa shape index (κ3) is 18.7. The van der Waals surface area contributed by atoms with E-state index >= 15 is 0 Å². The van der Waals surface area contributed by atoms with Crippen molar-refractivity contribution in [3.8, 4) is 0 Å². The van der Waals surface area contributed by atoms with E-state index in [1.165, 1.54) is 0 Å². The quantitative estimate of drug-likeness (QED) is 0.316. The van der Waals surface area contributed by atoms with Crippen LogP contribution in [-0.4, -0.2) is 77.9 Å². The molecule has 0 aliphatic carbocycles. The molecule has 0 saturated carbocycles. The molecule has 21 heavy (non-hydrogen) atoms. The molecule has 0 aromatic carbocycles. The number of carbonyl (C=O) groups excluding carboxylic acids is 2. The second-order valence-electron chi connectivity index (χ2n) is 3.87. The van der Waals surface area contributed by atoms with Crippen LogP contribution in [0.3, 0.4) is 0 Å². The standard InChI is InChI=1S/C12H24N2O7/c13-11(15)9-20-7-5-18-3-1-17-2-4-19-6-8-21-10-12(14)16/h1-10H2,(H2,13,15)(H2,14,16). The zero-order valence-electron chi connectivity index (χ0n) is 12.1. The summed E-state index contributed by atoms with van der Waals surface area (Å²) in [4.78, 5) is 20.7. The topological polar surface area (TPSA) is 132 Å². The van der Waals surface area contributed by atoms with Gasteiger partial charge in [0.15, 0.2) is 0 Å². The van der Waals surface area contributed by atoms with Gasteiger partial charge in [0.1, 0.15) is 13.2 Å². The average molecular weight is 308 g/mol. The van der Waals surface area contributed by atoms with E-state index in [0.717, 1.165) is 0 Å². The molecule has 4 N–H and O–H groups in total. The summed E-state index contributed by atoms with van der Waals surface area (Å²) in [6.45, 7) is 2.95. The molecule has 0 bridgehead atoms. The maximum atomic E-state index is 10.3. The highest BCUT2D eigenvalue weighted by atomic mass is 16.6. The van der Waals surface area contributed by atoms with Gasteiger partial charge in [-0.3, -0.25) is 9.59 Å². The predicted octanol–water partition coefficient (Wildman–Crippen LogP) is -1.96. The minimum atomic E-state index is -0.502. The van der Waals surface area contributed by atoms with Gasteiger partial charge >= 0.3 is 0 Å². The average Bonchev–Trinajstić information content (AvgIpc) is 2.42. The van der Waals surface area contributed by atoms with Crippen LogP contribution in [0, 0.1) is 0 Å². The fourth-order valence-corrected chi connectivity index (χ4v) is 1.12. The van der Waals surface area contributed by atoms with Crippen molar-refractivity contribution < 1.29 is 33.3 Å². The molecular weight excluding hydrogens is 284 g/mol. The number of primary amides is 2. The van der Waals surface area contributed by atoms with E-state index in [-0.39, 0.29) is 13.2 Å². The van der Waals surface area contributed by atoms with E-state index < -0.39 is 11.8 Å². The second kappa shape index (κ2) is 15.1. The first kappa shape index (κ1) is 19.7. The maximum absolute atomic E-state index is 10.3. The molecule has 2 amide bonds. The third-order valence-corrected chi connectivity index (χ3v) is 1.98. The second-order valence-corrected chi connectivity index (χ2v) is 3.87. The van der Waals surface area contributed by atoms with Gasteiger partial charge in [-0.2, -0.15) is 0 Å². The fraction of sp³-hybridized carbons (Fsp3) is 0.833. The first-order chi connectivity index (χ1) is 10.1. The summed E-state index contributed by atoms with van der Waals surface area (Å²) < 4.78 is 25.4. The number of ether oxygens (including phenoxy) is 5. The number of hydrogen-bond acceptors (Lipinski definition) is 7. The van der Waals surface area contributed by atoms with Gasteiger partial charge in [-0.05, 0) is 0 Å². The van der Waals surface area contributed by atoms with E-state index in [2.05, 4.69) is 0 Å². The summed E-state index contributed by atoms with van der Waals surface area (Å²) in [5.74, 6) is -1.00. The molecule has 0 radical (unpaired) electrons. The number of carbonyl (C=O) groups is 2. The lowest BCUT2D eigenvalue weighted by Gasteiger charge is -2.07. The number of hydrogen-bond donors (Lipinski definition) is 2. The minimum absolute atomic E-state index is 0.0969. The predicted molar refractivity (Wildman–Crippen MR) is 72.5 cm³/mol. The highest BCUT2D eigenvalue weighted by molar-refractivity contribution is 5.75. The normalized spacial score (nSPS) is 10.7. The van der Waals surface area contributed by atoms with Gasteiger partial charge in [0.25, 0.3) is 0 Å². The first-order valence-corrected chi connectivity index (χ1v) is 6.58. The molecule has 0 unspecified atom stereocenters. The highest BCUT2D eigenvalue weighted by Crippen LogP contribution is 1.83. The van der Waals surface area contributed by atoms with Gasteiger partial charge in [-0.1, -0.05) is 0 Å². The summed E-state index contributed by atoms with van der Waals surface area (Å²) in [5.41, 5.74) is 9.78. The van der Waals surface area contributed by atoms with Gasteiger partial charge in [0.2, 0.25) is 11.8 Å². The Bertz CT molecular complexity index is 250. The Morgan fingerprint density at radius 3 is 1.00 bits per heavy atom. The van der Waals surface area contributed by atoms with E-state index in [9.17, 15) is 9.59 Å². The van der Waals surface area contributed by atoms with Crippen LogP contribution in [0.5, 0.6) is 0 Å². The van der Waals surface area contributed by atoms with E-state index in [0.29, 0.717) is 52.9 Å². The van der Waals surface area contributed by atoms with Crippen LogP contribution in [0.25, 0.3) is 0 Å². The lowest BCUT2D eigenvalue weighted by Crippen LogP contribution is -2.20. The van der Waals surface area contributed by atoms with E-state index in [4.69, 9.17) is 35.2 Å². The summed E-state index contributed by atoms with van der Waals surface area (Å²) in [5, 5.41) is 0. The summed E-state index contributed by atoms with van der Waals surface area (Å²) >= 11 is 0. The van der Waals surface area contributed by atoms with Gasteiger partial charge < -0.3 is 35.2 Å². The van der Waals surface area contributed by atoms with Gasteiger partial charge in [-0.25, -0.2) is 0 Å². The van der Waals surface area contributed by atoms with Crippen molar-refractivity contribution in [2.24, 2.45) is 11.5 Å². The molecule has 0 aromatic rings. The molecule has 0 saturated heterocycles. The Morgan fingerprint density at radius 2 is 0.762 bits per heavy atom. The molecule has 124 valence electrons. The van der Waals surface area contributed by atoms with Crippen molar-refractivity contribution in [1.82, 2.24) is 0 Å². The molecule has 0 heterocycles. The summed E-state index contributed by atoms with van der Waals surface area (Å²) in [6.07, 6.45) is 0. The Morgan fingerprint density at radius 1 is 0.524 bits per heavy atom. The zero-order valence-corrected chi connectivity index (χ0v) is 12.1. The summed E-state index contributed by atoms with van der Waals surface area (Å²) in [7, 11) is 0. The van der Waals surface area contributed by atoms with Crippen LogP contribution in [0.1, 0.15) is 0 Å². The molecule has 0 aliphatic rings. The minimum Gasteiger partial charge on any atom is -0.377 e. The van der Waals surface area contributed by atoms with Crippen LogP contribution >= 0.6 is 0 Å². The van der Waals surface area contributed by atoms with Crippen molar-refractivity contribution >= 4 is 11.8 Å². The van der Waals surface area contributed by atoms with Gasteiger partial charge in [0.05, 0.1) is 52.9 Å². The molecule has 0 atom stereocenters. The van der Waals surface area contributed by atoms with Crippen LogP contribution in [0.2, 0.25) is 0 Å². The Hall–Kier alpha value is -1.26. The molecule has 0 spiro atoms. The summed E-state index contributed by atoms with van der Waals surface area (Å²) in [6, 6.07) is 0. The van der Waals surface area contributed by atoms with Crippen molar-refractivity contribution in [3.05, 3.63) is 0 Å². The van der Waals surface area contributed by atoms with E-state index in [1.807, 2.05) is 0 Å². The molecule has 0 aromatic heterocycles. The van der Waals surface area contributed by atoms with E-state index in [1.54, 1.807) is 0 Å². The fourth-order valence-electron chi connectivity index (χ4n) is 1.12. The molecular formula is C12H24N2O7. The molecule has 0 rings (SSSR count). The van der Waals surface area contributed by atoms with Crippen molar-refractivity contribution in [2.75, 3.05) is 66.1 Å². The molecule has 0 aliphatic heterocycles. The van der Waals surface area contributed by atoms with Crippen LogP contribution < -0.4 is 11.5 Å². The van der Waals surface area contributed by atoms with Crippen molar-refractivity contribution in [1.29, 1.82) is 0 Å². The lowest BCUT2D eigenvalue weighted by atomic mass is 10.6. The van der Waals surface area contributed by atoms with Gasteiger partial charge in [0, 0.05) is 0 Å². The number of nitrogens with two attached hydrogens (primary N) is 2. The monoisotopic (exact) mass is 308 g/mol.